The fraction of sp³-hybridized carbons (Fsp3) is 0.545. The molecule has 0 unspecified atom stereocenters. The second-order valence-corrected chi connectivity index (χ2v) is 7.18. The highest BCUT2D eigenvalue weighted by Crippen LogP contribution is 2.20. The van der Waals surface area contributed by atoms with Crippen molar-refractivity contribution in [3.05, 3.63) is 22.9 Å². The number of aromatic nitrogens is 1. The number of nitrogens with zero attached hydrogens (tertiary/aromatic N) is 1. The first-order valence-corrected chi connectivity index (χ1v) is 8.09. The van der Waals surface area contributed by atoms with Crippen LogP contribution in [0.3, 0.4) is 0 Å². The molecule has 2 N–H and O–H groups in total. The minimum absolute atomic E-state index is 0.0226. The zero-order valence-corrected chi connectivity index (χ0v) is 12.6. The normalized spacial score (nSPS) is 19.3. The summed E-state index contributed by atoms with van der Waals surface area (Å²) in [4.78, 5) is 3.88. The Balaban J connectivity index is 2.05. The van der Waals surface area contributed by atoms with Crippen molar-refractivity contribution in [2.24, 2.45) is 0 Å². The van der Waals surface area contributed by atoms with Gasteiger partial charge in [0.2, 0.25) is 10.0 Å². The molecule has 2 heterocycles. The summed E-state index contributed by atoms with van der Waals surface area (Å²) in [6.45, 7) is 0.860. The molecular formula is C11H15BrN2O4S. The molecule has 2 rings (SSSR count). The van der Waals surface area contributed by atoms with Crippen LogP contribution in [-0.4, -0.2) is 43.9 Å². The van der Waals surface area contributed by atoms with E-state index in [4.69, 9.17) is 4.74 Å². The molecule has 0 aromatic carbocycles. The molecule has 1 aromatic rings. The largest absolute Gasteiger partial charge is 0.388 e. The number of rotatable bonds is 4. The van der Waals surface area contributed by atoms with Crippen molar-refractivity contribution in [3.63, 3.8) is 0 Å². The van der Waals surface area contributed by atoms with Gasteiger partial charge in [-0.3, -0.25) is 4.98 Å². The van der Waals surface area contributed by atoms with Gasteiger partial charge in [-0.15, -0.1) is 0 Å². The minimum atomic E-state index is -3.66. The van der Waals surface area contributed by atoms with Crippen molar-refractivity contribution in [1.29, 1.82) is 0 Å². The van der Waals surface area contributed by atoms with E-state index in [0.29, 0.717) is 30.5 Å². The van der Waals surface area contributed by atoms with Crippen LogP contribution in [0.2, 0.25) is 0 Å². The molecule has 6 nitrogen and oxygen atoms in total. The zero-order valence-electron chi connectivity index (χ0n) is 10.2. The molecule has 1 aromatic heterocycles. The highest BCUT2D eigenvalue weighted by atomic mass is 79.9. The molecule has 0 amide bonds. The maximum atomic E-state index is 12.1. The zero-order chi connectivity index (χ0) is 13.9. The van der Waals surface area contributed by atoms with Gasteiger partial charge in [0.15, 0.2) is 0 Å². The first-order valence-electron chi connectivity index (χ1n) is 5.82. The fourth-order valence-corrected chi connectivity index (χ4v) is 3.40. The Kier molecular flexibility index (Phi) is 4.57. The number of hydrogen-bond acceptors (Lipinski definition) is 5. The molecule has 8 heteroatoms. The molecule has 0 radical (unpaired) electrons. The van der Waals surface area contributed by atoms with Crippen LogP contribution in [0.4, 0.5) is 0 Å². The summed E-state index contributed by atoms with van der Waals surface area (Å²) in [7, 11) is -3.66. The SMILES string of the molecule is O=S(=O)(NCC1(O)CCOCC1)c1cncc(Br)c1. The van der Waals surface area contributed by atoms with Crippen molar-refractivity contribution < 1.29 is 18.3 Å². The molecule has 106 valence electrons. The van der Waals surface area contributed by atoms with Crippen LogP contribution in [-0.2, 0) is 14.8 Å². The number of ether oxygens (including phenoxy) is 1. The van der Waals surface area contributed by atoms with Crippen molar-refractivity contribution >= 4 is 26.0 Å². The lowest BCUT2D eigenvalue weighted by Crippen LogP contribution is -2.46. The van der Waals surface area contributed by atoms with Crippen LogP contribution in [0.5, 0.6) is 0 Å². The number of nitrogens with one attached hydrogen (secondary N) is 1. The molecule has 1 fully saturated rings. The van der Waals surface area contributed by atoms with E-state index in [1.54, 1.807) is 0 Å². The van der Waals surface area contributed by atoms with Gasteiger partial charge < -0.3 is 9.84 Å². The molecule has 0 aliphatic carbocycles. The van der Waals surface area contributed by atoms with Gasteiger partial charge >= 0.3 is 0 Å². The van der Waals surface area contributed by atoms with Crippen LogP contribution in [0.25, 0.3) is 0 Å². The van der Waals surface area contributed by atoms with Gasteiger partial charge in [0.05, 0.1) is 5.60 Å². The van der Waals surface area contributed by atoms with Crippen molar-refractivity contribution in [2.75, 3.05) is 19.8 Å². The highest BCUT2D eigenvalue weighted by Gasteiger charge is 2.31. The van der Waals surface area contributed by atoms with Crippen molar-refractivity contribution in [1.82, 2.24) is 9.71 Å². The predicted octanol–water partition coefficient (Wildman–Crippen LogP) is 0.664. The van der Waals surface area contributed by atoms with E-state index in [9.17, 15) is 13.5 Å². The molecule has 1 aliphatic heterocycles. The Bertz CT molecular complexity index is 543. The van der Waals surface area contributed by atoms with E-state index in [0.717, 1.165) is 0 Å². The van der Waals surface area contributed by atoms with E-state index >= 15 is 0 Å². The van der Waals surface area contributed by atoms with Crippen LogP contribution < -0.4 is 4.72 Å². The van der Waals surface area contributed by atoms with Gasteiger partial charge in [0.1, 0.15) is 4.90 Å². The van der Waals surface area contributed by atoms with E-state index in [1.807, 2.05) is 0 Å². The van der Waals surface area contributed by atoms with E-state index in [1.165, 1.54) is 18.5 Å². The lowest BCUT2D eigenvalue weighted by Gasteiger charge is -2.31. The topological polar surface area (TPSA) is 88.5 Å². The smallest absolute Gasteiger partial charge is 0.242 e. The summed E-state index contributed by atoms with van der Waals surface area (Å²) in [6.07, 6.45) is 3.62. The molecule has 19 heavy (non-hydrogen) atoms. The molecule has 0 saturated carbocycles. The summed E-state index contributed by atoms with van der Waals surface area (Å²) in [5, 5.41) is 10.2. The lowest BCUT2D eigenvalue weighted by atomic mass is 9.95. The van der Waals surface area contributed by atoms with Crippen LogP contribution >= 0.6 is 15.9 Å². The number of hydrogen-bond donors (Lipinski definition) is 2. The quantitative estimate of drug-likeness (QED) is 0.832. The summed E-state index contributed by atoms with van der Waals surface area (Å²) in [5.74, 6) is 0. The van der Waals surface area contributed by atoms with Gasteiger partial charge in [-0.2, -0.15) is 0 Å². The third-order valence-corrected chi connectivity index (χ3v) is 4.81. The average Bonchev–Trinajstić information content (AvgIpc) is 2.38. The molecule has 1 aliphatic rings. The van der Waals surface area contributed by atoms with Crippen molar-refractivity contribution in [3.8, 4) is 0 Å². The Morgan fingerprint density at radius 3 is 2.74 bits per heavy atom. The summed E-state index contributed by atoms with van der Waals surface area (Å²) in [6, 6.07) is 1.46. The first-order chi connectivity index (χ1) is 8.91. The third kappa shape index (κ3) is 3.96. The second kappa shape index (κ2) is 5.84. The molecular weight excluding hydrogens is 336 g/mol. The molecule has 1 saturated heterocycles. The van der Waals surface area contributed by atoms with Gasteiger partial charge in [-0.1, -0.05) is 0 Å². The van der Waals surface area contributed by atoms with Crippen LogP contribution in [0, 0.1) is 0 Å². The van der Waals surface area contributed by atoms with Gasteiger partial charge in [0, 0.05) is 49.5 Å². The molecule has 0 bridgehead atoms. The summed E-state index contributed by atoms with van der Waals surface area (Å²) < 4.78 is 32.3. The molecule has 0 spiro atoms. The molecule has 0 atom stereocenters. The maximum absolute atomic E-state index is 12.1. The van der Waals surface area contributed by atoms with E-state index < -0.39 is 15.6 Å². The lowest BCUT2D eigenvalue weighted by molar-refractivity contribution is -0.0588. The van der Waals surface area contributed by atoms with Crippen LogP contribution in [0.15, 0.2) is 27.8 Å². The fourth-order valence-electron chi connectivity index (χ4n) is 1.78. The Morgan fingerprint density at radius 1 is 1.42 bits per heavy atom. The summed E-state index contributed by atoms with van der Waals surface area (Å²) in [5.41, 5.74) is -1.04. The van der Waals surface area contributed by atoms with Crippen molar-refractivity contribution in [2.45, 2.75) is 23.3 Å². The van der Waals surface area contributed by atoms with Gasteiger partial charge in [-0.05, 0) is 22.0 Å². The third-order valence-electron chi connectivity index (χ3n) is 3.00. The Labute approximate surface area is 120 Å². The van der Waals surface area contributed by atoms with Gasteiger partial charge in [-0.25, -0.2) is 13.1 Å². The van der Waals surface area contributed by atoms with E-state index in [-0.39, 0.29) is 11.4 Å². The average molecular weight is 351 g/mol. The number of pyridine rings is 1. The predicted molar refractivity (Wildman–Crippen MR) is 72.1 cm³/mol. The Morgan fingerprint density at radius 2 is 2.11 bits per heavy atom. The minimum Gasteiger partial charge on any atom is -0.388 e. The number of halogens is 1. The second-order valence-electron chi connectivity index (χ2n) is 4.50. The maximum Gasteiger partial charge on any atom is 0.242 e. The number of aliphatic hydroxyl groups is 1. The Hall–Kier alpha value is -0.540. The first kappa shape index (κ1) is 14.9. The standard InChI is InChI=1S/C11H15BrN2O4S/c12-9-5-10(7-13-6-9)19(16,17)14-8-11(15)1-3-18-4-2-11/h5-7,14-15H,1-4,8H2. The van der Waals surface area contributed by atoms with Gasteiger partial charge in [0.25, 0.3) is 0 Å². The number of sulfonamides is 1. The monoisotopic (exact) mass is 350 g/mol. The van der Waals surface area contributed by atoms with E-state index in [2.05, 4.69) is 25.6 Å². The highest BCUT2D eigenvalue weighted by molar-refractivity contribution is 9.10. The van der Waals surface area contributed by atoms with Crippen LogP contribution in [0.1, 0.15) is 12.8 Å². The summed E-state index contributed by atoms with van der Waals surface area (Å²) >= 11 is 3.17.